The molecule has 0 atom stereocenters. The highest BCUT2D eigenvalue weighted by molar-refractivity contribution is 7.85. The summed E-state index contributed by atoms with van der Waals surface area (Å²) in [5, 5.41) is 63.6. The average Bonchev–Trinajstić information content (AvgIpc) is 3.04. The first-order valence-electron chi connectivity index (χ1n) is 13.1. The lowest BCUT2D eigenvalue weighted by Gasteiger charge is -2.05. The van der Waals surface area contributed by atoms with E-state index < -0.39 is 21.8 Å². The van der Waals surface area contributed by atoms with Gasteiger partial charge in [-0.2, -0.15) is 28.9 Å². The second kappa shape index (κ2) is 13.1. The van der Waals surface area contributed by atoms with E-state index in [1.54, 1.807) is 36.4 Å². The van der Waals surface area contributed by atoms with Gasteiger partial charge in [0.1, 0.15) is 22.7 Å². The third kappa shape index (κ3) is 7.42. The fraction of sp³-hybridized carbons (Fsp3) is 0. The molecule has 0 bridgehead atoms. The molecule has 0 saturated carbocycles. The van der Waals surface area contributed by atoms with Crippen LogP contribution in [0.25, 0.3) is 11.1 Å². The van der Waals surface area contributed by atoms with Crippen molar-refractivity contribution in [3.8, 4) is 28.4 Å². The Morgan fingerprint density at radius 3 is 1.70 bits per heavy atom. The number of azo groups is 3. The molecule has 0 aliphatic carbocycles. The quantitative estimate of drug-likeness (QED) is 0.0773. The number of benzene rings is 5. The molecule has 0 unspecified atom stereocenters. The van der Waals surface area contributed by atoms with E-state index in [2.05, 4.69) is 30.7 Å². The molecular formula is C31H22N6O8S. The van der Waals surface area contributed by atoms with Crippen LogP contribution < -0.4 is 0 Å². The monoisotopic (exact) mass is 638 g/mol. The standard InChI is InChI=1S/C31H22N6O8S/c38-27-14-12-23(17-25(27)31(41)42)34-32-20-8-4-18(5-9-20)19-6-10-21(11-7-19)33-37-29-28(39)15-13-26(30(29)40)36-35-22-2-1-3-24(16-22)46(43,44)45/h1-17,38-40H,(H,41,42)(H,43,44,45). The number of rotatable bonds is 9. The van der Waals surface area contributed by atoms with Crippen LogP contribution >= 0.6 is 0 Å². The third-order valence-electron chi connectivity index (χ3n) is 6.32. The Balaban J connectivity index is 1.28. The van der Waals surface area contributed by atoms with Crippen LogP contribution in [0.4, 0.5) is 34.1 Å². The van der Waals surface area contributed by atoms with E-state index in [1.165, 1.54) is 48.5 Å². The zero-order valence-electron chi connectivity index (χ0n) is 23.4. The van der Waals surface area contributed by atoms with E-state index >= 15 is 0 Å². The van der Waals surface area contributed by atoms with Gasteiger partial charge < -0.3 is 20.4 Å². The Morgan fingerprint density at radius 2 is 1.09 bits per heavy atom. The first-order valence-corrected chi connectivity index (χ1v) is 14.6. The highest BCUT2D eigenvalue weighted by atomic mass is 32.2. The fourth-order valence-electron chi connectivity index (χ4n) is 3.98. The minimum atomic E-state index is -4.44. The summed E-state index contributed by atoms with van der Waals surface area (Å²) in [6.07, 6.45) is 0. The third-order valence-corrected chi connectivity index (χ3v) is 7.17. The minimum absolute atomic E-state index is 0.0737. The number of hydrogen-bond acceptors (Lipinski definition) is 12. The molecule has 0 radical (unpaired) electrons. The van der Waals surface area contributed by atoms with Crippen LogP contribution in [0.3, 0.4) is 0 Å². The first kappa shape index (κ1) is 31.1. The van der Waals surface area contributed by atoms with Crippen LogP contribution in [0, 0.1) is 0 Å². The maximum atomic E-state index is 11.3. The molecule has 5 aromatic rings. The van der Waals surface area contributed by atoms with E-state index in [4.69, 9.17) is 5.11 Å². The number of aromatic hydroxyl groups is 3. The lowest BCUT2D eigenvalue weighted by molar-refractivity contribution is 0.0693. The van der Waals surface area contributed by atoms with E-state index in [-0.39, 0.29) is 44.7 Å². The van der Waals surface area contributed by atoms with Crippen molar-refractivity contribution < 1.29 is 38.2 Å². The summed E-state index contributed by atoms with van der Waals surface area (Å²) >= 11 is 0. The minimum Gasteiger partial charge on any atom is -0.507 e. The summed E-state index contributed by atoms with van der Waals surface area (Å²) in [7, 11) is -4.44. The Bertz CT molecular complexity index is 2130. The fourth-order valence-corrected chi connectivity index (χ4v) is 4.50. The number of carboxylic acids is 1. The highest BCUT2D eigenvalue weighted by Crippen LogP contribution is 2.44. The van der Waals surface area contributed by atoms with Gasteiger partial charge in [0.25, 0.3) is 10.1 Å². The van der Waals surface area contributed by atoms with E-state index in [9.17, 15) is 33.1 Å². The van der Waals surface area contributed by atoms with E-state index in [1.807, 2.05) is 12.1 Å². The number of hydrogen-bond donors (Lipinski definition) is 5. The smallest absolute Gasteiger partial charge is 0.339 e. The van der Waals surface area contributed by atoms with Crippen molar-refractivity contribution in [3.05, 3.63) is 109 Å². The molecule has 0 aromatic heterocycles. The van der Waals surface area contributed by atoms with Crippen LogP contribution in [-0.2, 0) is 10.1 Å². The van der Waals surface area contributed by atoms with E-state index in [0.717, 1.165) is 17.2 Å². The van der Waals surface area contributed by atoms with Crippen molar-refractivity contribution in [2.75, 3.05) is 0 Å². The predicted molar refractivity (Wildman–Crippen MR) is 166 cm³/mol. The van der Waals surface area contributed by atoms with Gasteiger partial charge in [-0.15, -0.1) is 10.2 Å². The lowest BCUT2D eigenvalue weighted by atomic mass is 10.1. The van der Waals surface area contributed by atoms with E-state index in [0.29, 0.717) is 11.4 Å². The number of phenolic OH excluding ortho intramolecular Hbond substituents is 2. The largest absolute Gasteiger partial charge is 0.507 e. The summed E-state index contributed by atoms with van der Waals surface area (Å²) in [6, 6.07) is 25.5. The van der Waals surface area contributed by atoms with Gasteiger partial charge in [0, 0.05) is 0 Å². The molecule has 0 amide bonds. The number of nitrogens with zero attached hydrogens (tertiary/aromatic N) is 6. The molecule has 0 spiro atoms. The van der Waals surface area contributed by atoms with Crippen LogP contribution in [-0.4, -0.2) is 39.4 Å². The number of carboxylic acid groups (broad SMARTS) is 1. The van der Waals surface area contributed by atoms with Crippen molar-refractivity contribution in [2.24, 2.45) is 30.7 Å². The number of carbonyl (C=O) groups is 1. The first-order chi connectivity index (χ1) is 22.0. The predicted octanol–water partition coefficient (Wildman–Crippen LogP) is 8.66. The van der Waals surface area contributed by atoms with Gasteiger partial charge in [-0.1, -0.05) is 30.3 Å². The molecule has 46 heavy (non-hydrogen) atoms. The van der Waals surface area contributed by atoms with Gasteiger partial charge >= 0.3 is 5.97 Å². The Labute approximate surface area is 260 Å². The van der Waals surface area contributed by atoms with Gasteiger partial charge in [0.05, 0.1) is 27.6 Å². The number of aromatic carboxylic acids is 1. The van der Waals surface area contributed by atoms with Gasteiger partial charge in [-0.05, 0) is 83.9 Å². The normalized spacial score (nSPS) is 11.9. The van der Waals surface area contributed by atoms with Crippen LogP contribution in [0.15, 0.2) is 139 Å². The van der Waals surface area contributed by atoms with Crippen LogP contribution in [0.1, 0.15) is 10.4 Å². The molecule has 0 saturated heterocycles. The van der Waals surface area contributed by atoms with Gasteiger partial charge in [0.2, 0.25) is 0 Å². The second-order valence-corrected chi connectivity index (χ2v) is 10.9. The average molecular weight is 639 g/mol. The molecule has 0 aliphatic heterocycles. The molecule has 5 rings (SSSR count). The Kier molecular flexibility index (Phi) is 8.88. The SMILES string of the molecule is O=C(O)c1cc(N=Nc2ccc(-c3ccc(N=Nc4c(O)ccc(N=Nc5cccc(S(=O)(=O)O)c5)c4O)cc3)cc2)ccc1O. The van der Waals surface area contributed by atoms with Crippen molar-refractivity contribution in [1.29, 1.82) is 0 Å². The summed E-state index contributed by atoms with van der Waals surface area (Å²) in [5.74, 6) is -2.52. The molecule has 0 fully saturated rings. The Morgan fingerprint density at radius 1 is 0.565 bits per heavy atom. The van der Waals surface area contributed by atoms with Gasteiger partial charge in [-0.3, -0.25) is 4.55 Å². The summed E-state index contributed by atoms with van der Waals surface area (Å²) in [4.78, 5) is 10.8. The summed E-state index contributed by atoms with van der Waals surface area (Å²) in [6.45, 7) is 0. The van der Waals surface area contributed by atoms with Crippen LogP contribution in [0.5, 0.6) is 17.2 Å². The molecular weight excluding hydrogens is 616 g/mol. The van der Waals surface area contributed by atoms with Gasteiger partial charge in [0.15, 0.2) is 11.4 Å². The molecule has 5 aromatic carbocycles. The summed E-state index contributed by atoms with van der Waals surface area (Å²) in [5.41, 5.74) is 2.39. The highest BCUT2D eigenvalue weighted by Gasteiger charge is 2.14. The number of phenols is 3. The molecule has 0 aliphatic rings. The Hall–Kier alpha value is -6.32. The molecule has 5 N–H and O–H groups in total. The van der Waals surface area contributed by atoms with Crippen molar-refractivity contribution >= 4 is 50.2 Å². The molecule has 15 heteroatoms. The van der Waals surface area contributed by atoms with Crippen molar-refractivity contribution in [3.63, 3.8) is 0 Å². The zero-order chi connectivity index (χ0) is 32.8. The van der Waals surface area contributed by atoms with Crippen molar-refractivity contribution in [2.45, 2.75) is 4.90 Å². The van der Waals surface area contributed by atoms with Crippen molar-refractivity contribution in [1.82, 2.24) is 0 Å². The second-order valence-electron chi connectivity index (χ2n) is 9.47. The van der Waals surface area contributed by atoms with Gasteiger partial charge in [-0.25, -0.2) is 4.79 Å². The zero-order valence-corrected chi connectivity index (χ0v) is 24.2. The molecule has 230 valence electrons. The summed E-state index contributed by atoms with van der Waals surface area (Å²) < 4.78 is 31.9. The van der Waals surface area contributed by atoms with Crippen LogP contribution in [0.2, 0.25) is 0 Å². The maximum absolute atomic E-state index is 11.3. The molecule has 0 heterocycles. The maximum Gasteiger partial charge on any atom is 0.339 e. The molecule has 14 nitrogen and oxygen atoms in total. The topological polar surface area (TPSA) is 227 Å². The lowest BCUT2D eigenvalue weighted by Crippen LogP contribution is -1.96.